The first-order chi connectivity index (χ1) is 18.0. The number of nitrogens with zero attached hydrogens (tertiary/aromatic N) is 4. The Hall–Kier alpha value is -4.46. The summed E-state index contributed by atoms with van der Waals surface area (Å²) in [6.45, 7) is 7.95. The summed E-state index contributed by atoms with van der Waals surface area (Å²) >= 11 is 0. The molecule has 0 saturated heterocycles. The number of para-hydroxylation sites is 1. The highest BCUT2D eigenvalue weighted by Crippen LogP contribution is 2.37. The first-order valence-electron chi connectivity index (χ1n) is 12.4. The van der Waals surface area contributed by atoms with Crippen LogP contribution in [0.4, 0.5) is 21.7 Å². The van der Waals surface area contributed by atoms with Crippen molar-refractivity contribution in [2.75, 3.05) is 28.6 Å². The molecule has 1 aliphatic rings. The summed E-state index contributed by atoms with van der Waals surface area (Å²) in [7, 11) is 0. The fourth-order valence-electron chi connectivity index (χ4n) is 4.65. The van der Waals surface area contributed by atoms with Crippen molar-refractivity contribution in [3.8, 4) is 11.4 Å². The molecule has 1 unspecified atom stereocenters. The fourth-order valence-corrected chi connectivity index (χ4v) is 4.65. The standard InChI is InChI=1S/C29H29FN6O/c1-4-35(5-2)24-17-13-21(14-18-24)27-33-29-31-19(3)25(28(37)32-23-9-7-6-8-10-23)26(36(29)34-27)20-11-15-22(30)16-12-20/h6-18,26H,4-5H2,1-3H3,(H,32,37)(H,31,33,34). The van der Waals surface area contributed by atoms with Gasteiger partial charge in [-0.1, -0.05) is 30.3 Å². The van der Waals surface area contributed by atoms with E-state index in [2.05, 4.69) is 41.5 Å². The van der Waals surface area contributed by atoms with E-state index in [1.807, 2.05) is 49.4 Å². The number of fused-ring (bicyclic) bond motifs is 1. The SMILES string of the molecule is CCN(CC)c1ccc(-c2nc3n(n2)C(c2ccc(F)cc2)C(C(=O)Nc2ccccc2)=C(C)N3)cc1. The van der Waals surface area contributed by atoms with Crippen LogP contribution in [0.25, 0.3) is 11.4 Å². The molecular formula is C29H29FN6O. The molecule has 0 saturated carbocycles. The van der Waals surface area contributed by atoms with Crippen LogP contribution in [-0.2, 0) is 4.79 Å². The summed E-state index contributed by atoms with van der Waals surface area (Å²) in [5, 5.41) is 11.0. The van der Waals surface area contributed by atoms with E-state index in [9.17, 15) is 9.18 Å². The molecule has 188 valence electrons. The van der Waals surface area contributed by atoms with Gasteiger partial charge in [0.25, 0.3) is 5.91 Å². The van der Waals surface area contributed by atoms with Crippen LogP contribution in [0.5, 0.6) is 0 Å². The first-order valence-corrected chi connectivity index (χ1v) is 12.4. The maximum Gasteiger partial charge on any atom is 0.255 e. The van der Waals surface area contributed by atoms with E-state index in [-0.39, 0.29) is 11.7 Å². The Bertz CT molecular complexity index is 1420. The number of anilines is 3. The molecule has 1 amide bonds. The Morgan fingerprint density at radius 3 is 2.32 bits per heavy atom. The summed E-state index contributed by atoms with van der Waals surface area (Å²) in [5.41, 5.74) is 4.56. The number of hydrogen-bond donors (Lipinski definition) is 2. The highest BCUT2D eigenvalue weighted by molar-refractivity contribution is 6.06. The van der Waals surface area contributed by atoms with Crippen LogP contribution in [0.15, 0.2) is 90.1 Å². The molecule has 3 aromatic carbocycles. The normalized spacial score (nSPS) is 14.6. The van der Waals surface area contributed by atoms with Gasteiger partial charge >= 0.3 is 0 Å². The number of rotatable bonds is 7. The number of benzene rings is 3. The largest absolute Gasteiger partial charge is 0.372 e. The Morgan fingerprint density at radius 2 is 1.68 bits per heavy atom. The van der Waals surface area contributed by atoms with E-state index in [1.54, 1.807) is 16.8 Å². The van der Waals surface area contributed by atoms with E-state index in [1.165, 1.54) is 12.1 Å². The molecule has 7 nitrogen and oxygen atoms in total. The fraction of sp³-hybridized carbons (Fsp3) is 0.207. The van der Waals surface area contributed by atoms with Gasteiger partial charge in [-0.15, -0.1) is 5.10 Å². The zero-order valence-corrected chi connectivity index (χ0v) is 21.1. The second-order valence-electron chi connectivity index (χ2n) is 8.86. The van der Waals surface area contributed by atoms with Gasteiger partial charge in [0.1, 0.15) is 11.9 Å². The summed E-state index contributed by atoms with van der Waals surface area (Å²) in [4.78, 5) is 20.5. The quantitative estimate of drug-likeness (QED) is 0.335. The van der Waals surface area contributed by atoms with Gasteiger partial charge < -0.3 is 15.5 Å². The molecule has 1 aliphatic heterocycles. The topological polar surface area (TPSA) is 75.1 Å². The van der Waals surface area contributed by atoms with Crippen LogP contribution in [0.1, 0.15) is 32.4 Å². The maximum absolute atomic E-state index is 13.8. The van der Waals surface area contributed by atoms with Crippen LogP contribution in [0.2, 0.25) is 0 Å². The van der Waals surface area contributed by atoms with Crippen LogP contribution in [0.3, 0.4) is 0 Å². The third-order valence-electron chi connectivity index (χ3n) is 6.57. The van der Waals surface area contributed by atoms with Gasteiger partial charge in [-0.25, -0.2) is 9.07 Å². The second kappa shape index (κ2) is 10.3. The van der Waals surface area contributed by atoms with Gasteiger partial charge in [0.2, 0.25) is 5.95 Å². The zero-order chi connectivity index (χ0) is 25.9. The van der Waals surface area contributed by atoms with Crippen molar-refractivity contribution >= 4 is 23.2 Å². The number of carbonyl (C=O) groups excluding carboxylic acids is 1. The van der Waals surface area contributed by atoms with Crippen LogP contribution < -0.4 is 15.5 Å². The Kier molecular flexibility index (Phi) is 6.72. The molecule has 0 aliphatic carbocycles. The van der Waals surface area contributed by atoms with Crippen molar-refractivity contribution in [1.82, 2.24) is 14.8 Å². The summed E-state index contributed by atoms with van der Waals surface area (Å²) < 4.78 is 15.5. The van der Waals surface area contributed by atoms with Crippen LogP contribution in [-0.4, -0.2) is 33.8 Å². The van der Waals surface area contributed by atoms with Gasteiger partial charge in [-0.2, -0.15) is 4.98 Å². The molecule has 0 spiro atoms. The minimum atomic E-state index is -0.586. The molecule has 1 aromatic heterocycles. The van der Waals surface area contributed by atoms with E-state index < -0.39 is 6.04 Å². The molecule has 0 bridgehead atoms. The zero-order valence-electron chi connectivity index (χ0n) is 21.1. The lowest BCUT2D eigenvalue weighted by atomic mass is 9.95. The Morgan fingerprint density at radius 1 is 1.00 bits per heavy atom. The number of allylic oxidation sites excluding steroid dienone is 1. The molecular weight excluding hydrogens is 467 g/mol. The molecule has 0 fully saturated rings. The van der Waals surface area contributed by atoms with Crippen molar-refractivity contribution < 1.29 is 9.18 Å². The third-order valence-corrected chi connectivity index (χ3v) is 6.57. The highest BCUT2D eigenvalue weighted by Gasteiger charge is 2.34. The van der Waals surface area contributed by atoms with Gasteiger partial charge in [0.15, 0.2) is 5.82 Å². The number of halogens is 1. The van der Waals surface area contributed by atoms with Gasteiger partial charge in [-0.05, 0) is 74.9 Å². The minimum absolute atomic E-state index is 0.267. The Balaban J connectivity index is 1.54. The summed E-state index contributed by atoms with van der Waals surface area (Å²) in [6, 6.07) is 23.0. The minimum Gasteiger partial charge on any atom is -0.372 e. The summed E-state index contributed by atoms with van der Waals surface area (Å²) in [6.07, 6.45) is 0. The average Bonchev–Trinajstić information content (AvgIpc) is 3.33. The number of carbonyl (C=O) groups is 1. The highest BCUT2D eigenvalue weighted by atomic mass is 19.1. The van der Waals surface area contributed by atoms with Gasteiger partial charge in [-0.3, -0.25) is 4.79 Å². The van der Waals surface area contributed by atoms with E-state index in [0.717, 1.165) is 29.9 Å². The van der Waals surface area contributed by atoms with E-state index in [4.69, 9.17) is 10.1 Å². The lowest BCUT2D eigenvalue weighted by Gasteiger charge is -2.28. The molecule has 2 N–H and O–H groups in total. The number of nitrogens with one attached hydrogen (secondary N) is 2. The van der Waals surface area contributed by atoms with Crippen molar-refractivity contribution in [2.24, 2.45) is 0 Å². The number of hydrogen-bond acceptors (Lipinski definition) is 5. The number of amides is 1. The van der Waals surface area contributed by atoms with Crippen molar-refractivity contribution in [3.63, 3.8) is 0 Å². The van der Waals surface area contributed by atoms with Crippen molar-refractivity contribution in [1.29, 1.82) is 0 Å². The smallest absolute Gasteiger partial charge is 0.255 e. The average molecular weight is 497 g/mol. The van der Waals surface area contributed by atoms with E-state index >= 15 is 0 Å². The maximum atomic E-state index is 13.8. The van der Waals surface area contributed by atoms with Crippen molar-refractivity contribution in [3.05, 3.63) is 102 Å². The lowest BCUT2D eigenvalue weighted by molar-refractivity contribution is -0.113. The van der Waals surface area contributed by atoms with Gasteiger partial charge in [0.05, 0.1) is 5.57 Å². The predicted octanol–water partition coefficient (Wildman–Crippen LogP) is 5.86. The molecule has 37 heavy (non-hydrogen) atoms. The lowest BCUT2D eigenvalue weighted by Crippen LogP contribution is -2.31. The molecule has 5 rings (SSSR count). The monoisotopic (exact) mass is 496 g/mol. The van der Waals surface area contributed by atoms with E-state index in [0.29, 0.717) is 28.7 Å². The molecule has 2 heterocycles. The third kappa shape index (κ3) is 4.82. The second-order valence-corrected chi connectivity index (χ2v) is 8.86. The summed E-state index contributed by atoms with van der Waals surface area (Å²) in [5.74, 6) is 0.447. The van der Waals surface area contributed by atoms with Crippen LogP contribution >= 0.6 is 0 Å². The first kappa shape index (κ1) is 24.2. The molecule has 4 aromatic rings. The van der Waals surface area contributed by atoms with Crippen molar-refractivity contribution in [2.45, 2.75) is 26.8 Å². The molecule has 0 radical (unpaired) electrons. The molecule has 8 heteroatoms. The predicted molar refractivity (Wildman–Crippen MR) is 145 cm³/mol. The van der Waals surface area contributed by atoms with Gasteiger partial charge in [0, 0.05) is 35.7 Å². The number of aromatic nitrogens is 3. The van der Waals surface area contributed by atoms with Crippen LogP contribution in [0, 0.1) is 5.82 Å². The molecule has 1 atom stereocenters. The Labute approximate surface area is 215 Å².